The van der Waals surface area contributed by atoms with E-state index < -0.39 is 10.0 Å². The molecule has 0 unspecified atom stereocenters. The van der Waals surface area contributed by atoms with Crippen molar-refractivity contribution in [3.05, 3.63) is 65.5 Å². The van der Waals surface area contributed by atoms with Gasteiger partial charge in [-0.3, -0.25) is 9.52 Å². The maximum atomic E-state index is 12.6. The highest BCUT2D eigenvalue weighted by Crippen LogP contribution is 2.34. The fourth-order valence-corrected chi connectivity index (χ4v) is 5.92. The molecule has 9 heteroatoms. The van der Waals surface area contributed by atoms with Gasteiger partial charge < -0.3 is 5.32 Å². The summed E-state index contributed by atoms with van der Waals surface area (Å²) >= 11 is 2.99. The van der Waals surface area contributed by atoms with Gasteiger partial charge in [0, 0.05) is 11.4 Å². The first-order chi connectivity index (χ1) is 14.4. The maximum absolute atomic E-state index is 12.6. The van der Waals surface area contributed by atoms with E-state index >= 15 is 0 Å². The average molecular weight is 458 g/mol. The molecule has 0 saturated heterocycles. The summed E-state index contributed by atoms with van der Waals surface area (Å²) in [7, 11) is -3.34. The van der Waals surface area contributed by atoms with E-state index in [1.165, 1.54) is 11.3 Å². The molecule has 4 rings (SSSR count). The van der Waals surface area contributed by atoms with E-state index in [9.17, 15) is 13.2 Å². The number of thiazole rings is 1. The van der Waals surface area contributed by atoms with Crippen LogP contribution in [-0.4, -0.2) is 25.1 Å². The predicted octanol–water partition coefficient (Wildman–Crippen LogP) is 5.43. The van der Waals surface area contributed by atoms with Crippen LogP contribution in [-0.2, 0) is 10.0 Å². The van der Waals surface area contributed by atoms with Crippen LogP contribution in [0.5, 0.6) is 0 Å². The number of sulfonamides is 1. The van der Waals surface area contributed by atoms with Crippen LogP contribution in [0.3, 0.4) is 0 Å². The monoisotopic (exact) mass is 457 g/mol. The Labute approximate surface area is 182 Å². The number of benzene rings is 2. The molecule has 0 radical (unpaired) electrons. The minimum absolute atomic E-state index is 0.0703. The Morgan fingerprint density at radius 2 is 1.70 bits per heavy atom. The molecule has 0 fully saturated rings. The van der Waals surface area contributed by atoms with Crippen molar-refractivity contribution in [3.8, 4) is 9.88 Å². The van der Waals surface area contributed by atoms with Gasteiger partial charge in [0.1, 0.15) is 5.01 Å². The Balaban J connectivity index is 1.44. The first kappa shape index (κ1) is 20.5. The molecule has 2 heterocycles. The molecule has 154 valence electrons. The van der Waals surface area contributed by atoms with Gasteiger partial charge in [0.2, 0.25) is 10.0 Å². The van der Waals surface area contributed by atoms with Gasteiger partial charge >= 0.3 is 0 Å². The van der Waals surface area contributed by atoms with Gasteiger partial charge in [0.15, 0.2) is 0 Å². The summed E-state index contributed by atoms with van der Waals surface area (Å²) in [6, 6.07) is 18.2. The van der Waals surface area contributed by atoms with Crippen LogP contribution in [0.2, 0.25) is 0 Å². The van der Waals surface area contributed by atoms with E-state index in [-0.39, 0.29) is 11.7 Å². The number of anilines is 2. The van der Waals surface area contributed by atoms with Gasteiger partial charge in [-0.2, -0.15) is 0 Å². The number of carbonyl (C=O) groups is 1. The normalized spacial score (nSPS) is 11.5. The zero-order chi connectivity index (χ0) is 21.1. The number of thiophene rings is 1. The number of nitrogens with zero attached hydrogens (tertiary/aromatic N) is 1. The van der Waals surface area contributed by atoms with Crippen molar-refractivity contribution in [2.75, 3.05) is 15.8 Å². The third kappa shape index (κ3) is 4.69. The zero-order valence-electron chi connectivity index (χ0n) is 16.1. The number of aromatic nitrogens is 1. The lowest BCUT2D eigenvalue weighted by atomic mass is 10.3. The third-order valence-electron chi connectivity index (χ3n) is 4.22. The van der Waals surface area contributed by atoms with Crippen LogP contribution in [0.1, 0.15) is 23.0 Å². The fraction of sp³-hybridized carbons (Fsp3) is 0.143. The summed E-state index contributed by atoms with van der Waals surface area (Å²) in [5.41, 5.74) is 2.01. The second kappa shape index (κ2) is 8.55. The quantitative estimate of drug-likeness (QED) is 0.387. The van der Waals surface area contributed by atoms with Crippen molar-refractivity contribution >= 4 is 60.2 Å². The SMILES string of the molecule is CCCS(=O)(=O)Nc1ccc(NC(=O)c2ccc(-c3nc4ccccc4s3)s2)cc1. The zero-order valence-corrected chi connectivity index (χ0v) is 18.5. The lowest BCUT2D eigenvalue weighted by molar-refractivity contribution is 0.103. The molecule has 2 N–H and O–H groups in total. The van der Waals surface area contributed by atoms with Gasteiger partial charge in [-0.05, 0) is 55.0 Å². The second-order valence-corrected chi connectivity index (χ2v) is 10.6. The number of fused-ring (bicyclic) bond motifs is 1. The van der Waals surface area contributed by atoms with Gasteiger partial charge in [0.05, 0.1) is 25.7 Å². The number of hydrogen-bond donors (Lipinski definition) is 2. The third-order valence-corrected chi connectivity index (χ3v) is 8.01. The summed E-state index contributed by atoms with van der Waals surface area (Å²) in [6.45, 7) is 1.81. The minimum atomic E-state index is -3.34. The van der Waals surface area contributed by atoms with Crippen molar-refractivity contribution in [3.63, 3.8) is 0 Å². The molecule has 0 aliphatic carbocycles. The van der Waals surface area contributed by atoms with Crippen LogP contribution in [0, 0.1) is 0 Å². The van der Waals surface area contributed by atoms with Crippen LogP contribution in [0.15, 0.2) is 60.7 Å². The summed E-state index contributed by atoms with van der Waals surface area (Å²) in [4.78, 5) is 18.8. The molecule has 2 aromatic heterocycles. The van der Waals surface area contributed by atoms with Crippen molar-refractivity contribution < 1.29 is 13.2 Å². The minimum Gasteiger partial charge on any atom is -0.321 e. The first-order valence-electron chi connectivity index (χ1n) is 9.31. The summed E-state index contributed by atoms with van der Waals surface area (Å²) in [5, 5.41) is 3.73. The van der Waals surface area contributed by atoms with E-state index in [0.717, 1.165) is 20.1 Å². The Kier molecular flexibility index (Phi) is 5.85. The summed E-state index contributed by atoms with van der Waals surface area (Å²) in [6.07, 6.45) is 0.545. The van der Waals surface area contributed by atoms with Crippen molar-refractivity contribution in [1.82, 2.24) is 4.98 Å². The fourth-order valence-electron chi connectivity index (χ4n) is 2.87. The molecule has 0 bridgehead atoms. The topological polar surface area (TPSA) is 88.2 Å². The molecule has 6 nitrogen and oxygen atoms in total. The average Bonchev–Trinajstić information content (AvgIpc) is 3.36. The Hall–Kier alpha value is -2.75. The highest BCUT2D eigenvalue weighted by molar-refractivity contribution is 7.92. The standard InChI is InChI=1S/C21H19N3O3S3/c1-2-13-30(26,27)24-15-9-7-14(8-10-15)22-20(25)18-11-12-19(28-18)21-23-16-5-3-4-6-17(16)29-21/h3-12,24H,2,13H2,1H3,(H,22,25). The van der Waals surface area contributed by atoms with E-state index in [4.69, 9.17) is 0 Å². The van der Waals surface area contributed by atoms with E-state index in [1.807, 2.05) is 37.3 Å². The molecule has 30 heavy (non-hydrogen) atoms. The predicted molar refractivity (Wildman–Crippen MR) is 125 cm³/mol. The first-order valence-corrected chi connectivity index (χ1v) is 12.6. The highest BCUT2D eigenvalue weighted by atomic mass is 32.2. The smallest absolute Gasteiger partial charge is 0.265 e. The molecular weight excluding hydrogens is 438 g/mol. The van der Waals surface area contributed by atoms with Crippen LogP contribution < -0.4 is 10.0 Å². The summed E-state index contributed by atoms with van der Waals surface area (Å²) in [5.74, 6) is -0.146. The maximum Gasteiger partial charge on any atom is 0.265 e. The van der Waals surface area contributed by atoms with E-state index in [2.05, 4.69) is 15.0 Å². The second-order valence-electron chi connectivity index (χ2n) is 6.60. The molecule has 0 saturated carbocycles. The lowest BCUT2D eigenvalue weighted by Gasteiger charge is -2.08. The molecule has 4 aromatic rings. The number of amides is 1. The molecule has 0 spiro atoms. The van der Waals surface area contributed by atoms with Crippen LogP contribution in [0.25, 0.3) is 20.1 Å². The van der Waals surface area contributed by atoms with Gasteiger partial charge in [-0.25, -0.2) is 13.4 Å². The van der Waals surface area contributed by atoms with Gasteiger partial charge in [-0.15, -0.1) is 22.7 Å². The Bertz CT molecular complexity index is 1260. The number of nitrogens with one attached hydrogen (secondary N) is 2. The largest absolute Gasteiger partial charge is 0.321 e. The highest BCUT2D eigenvalue weighted by Gasteiger charge is 2.14. The van der Waals surface area contributed by atoms with Gasteiger partial charge in [-0.1, -0.05) is 19.1 Å². The van der Waals surface area contributed by atoms with Crippen molar-refractivity contribution in [2.24, 2.45) is 0 Å². The number of rotatable bonds is 7. The molecule has 0 aliphatic heterocycles. The number of hydrogen-bond acceptors (Lipinski definition) is 6. The lowest BCUT2D eigenvalue weighted by Crippen LogP contribution is -2.16. The van der Waals surface area contributed by atoms with Crippen LogP contribution >= 0.6 is 22.7 Å². The van der Waals surface area contributed by atoms with E-state index in [0.29, 0.717) is 22.7 Å². The van der Waals surface area contributed by atoms with E-state index in [1.54, 1.807) is 41.7 Å². The van der Waals surface area contributed by atoms with Crippen molar-refractivity contribution in [2.45, 2.75) is 13.3 Å². The molecule has 1 amide bonds. The Morgan fingerprint density at radius 1 is 0.967 bits per heavy atom. The molecule has 2 aromatic carbocycles. The van der Waals surface area contributed by atoms with Crippen LogP contribution in [0.4, 0.5) is 11.4 Å². The molecule has 0 aliphatic rings. The molecule has 0 atom stereocenters. The van der Waals surface area contributed by atoms with Gasteiger partial charge in [0.25, 0.3) is 5.91 Å². The van der Waals surface area contributed by atoms with Crippen molar-refractivity contribution in [1.29, 1.82) is 0 Å². The summed E-state index contributed by atoms with van der Waals surface area (Å²) < 4.78 is 27.3. The molecular formula is C21H19N3O3S3. The number of para-hydroxylation sites is 1. The number of carbonyl (C=O) groups excluding carboxylic acids is 1. The Morgan fingerprint density at radius 3 is 2.43 bits per heavy atom.